The molecule has 69 heavy (non-hydrogen) atoms. The largest absolute Gasteiger partial charge is 0.462 e. The first-order chi connectivity index (χ1) is 34.0. The van der Waals surface area contributed by atoms with Gasteiger partial charge in [0.2, 0.25) is 0 Å². The smallest absolute Gasteiger partial charge is 0.306 e. The molecule has 6 nitrogen and oxygen atoms in total. The van der Waals surface area contributed by atoms with Gasteiger partial charge in [0.15, 0.2) is 6.10 Å². The molecule has 1 atom stereocenters. The van der Waals surface area contributed by atoms with Crippen LogP contribution in [0.5, 0.6) is 0 Å². The van der Waals surface area contributed by atoms with E-state index in [1.165, 1.54) is 154 Å². The Balaban J connectivity index is 4.07. The number of allylic oxidation sites excluding steroid dienone is 12. The van der Waals surface area contributed by atoms with Gasteiger partial charge in [0.05, 0.1) is 0 Å². The van der Waals surface area contributed by atoms with Crippen molar-refractivity contribution in [2.24, 2.45) is 0 Å². The molecule has 0 radical (unpaired) electrons. The highest BCUT2D eigenvalue weighted by atomic mass is 16.6. The molecule has 0 aliphatic heterocycles. The van der Waals surface area contributed by atoms with E-state index in [2.05, 4.69) is 93.7 Å². The summed E-state index contributed by atoms with van der Waals surface area (Å²) in [6.45, 7) is 6.51. The normalized spacial score (nSPS) is 12.6. The minimum absolute atomic E-state index is 0.0710. The number of rotatable bonds is 53. The van der Waals surface area contributed by atoms with Gasteiger partial charge in [0, 0.05) is 19.3 Å². The molecule has 0 aromatic carbocycles. The number of carbonyl (C=O) groups excluding carboxylic acids is 3. The van der Waals surface area contributed by atoms with Crippen molar-refractivity contribution in [3.63, 3.8) is 0 Å². The molecular formula is C63H110O6. The molecular weight excluding hydrogens is 853 g/mol. The van der Waals surface area contributed by atoms with Gasteiger partial charge in [-0.1, -0.05) is 273 Å². The molecule has 0 spiro atoms. The third-order valence-corrected chi connectivity index (χ3v) is 12.7. The molecule has 0 amide bonds. The molecule has 0 bridgehead atoms. The zero-order valence-corrected chi connectivity index (χ0v) is 45.6. The molecule has 398 valence electrons. The Morgan fingerprint density at radius 2 is 0.565 bits per heavy atom. The first-order valence-electron chi connectivity index (χ1n) is 29.4. The Kier molecular flexibility index (Phi) is 54.8. The summed E-state index contributed by atoms with van der Waals surface area (Å²) >= 11 is 0. The van der Waals surface area contributed by atoms with E-state index in [0.717, 1.165) is 96.3 Å². The fraction of sp³-hybridized carbons (Fsp3) is 0.762. The summed E-state index contributed by atoms with van der Waals surface area (Å²) in [6.07, 6.45) is 73.5. The average molecular weight is 964 g/mol. The minimum atomic E-state index is -0.769. The van der Waals surface area contributed by atoms with Crippen LogP contribution in [0.1, 0.15) is 290 Å². The highest BCUT2D eigenvalue weighted by Crippen LogP contribution is 2.16. The Hall–Kier alpha value is -3.15. The van der Waals surface area contributed by atoms with E-state index in [9.17, 15) is 14.4 Å². The number of ether oxygens (including phenoxy) is 3. The van der Waals surface area contributed by atoms with E-state index in [0.29, 0.717) is 19.3 Å². The average Bonchev–Trinajstić information content (AvgIpc) is 3.35. The maximum Gasteiger partial charge on any atom is 0.306 e. The molecule has 0 rings (SSSR count). The first kappa shape index (κ1) is 65.8. The maximum absolute atomic E-state index is 12.8. The lowest BCUT2D eigenvalue weighted by Crippen LogP contribution is -2.30. The number of hydrogen-bond donors (Lipinski definition) is 0. The van der Waals surface area contributed by atoms with Crippen molar-refractivity contribution in [3.05, 3.63) is 72.9 Å². The quantitative estimate of drug-likeness (QED) is 0.0262. The summed E-state index contributed by atoms with van der Waals surface area (Å²) in [4.78, 5) is 37.9. The predicted molar refractivity (Wildman–Crippen MR) is 298 cm³/mol. The molecule has 6 heteroatoms. The molecule has 0 saturated heterocycles. The third-order valence-electron chi connectivity index (χ3n) is 12.7. The van der Waals surface area contributed by atoms with E-state index in [-0.39, 0.29) is 31.1 Å². The van der Waals surface area contributed by atoms with E-state index in [1.807, 2.05) is 0 Å². The third kappa shape index (κ3) is 55.6. The van der Waals surface area contributed by atoms with E-state index in [1.54, 1.807) is 0 Å². The lowest BCUT2D eigenvalue weighted by atomic mass is 10.0. The molecule has 0 aliphatic carbocycles. The molecule has 0 saturated carbocycles. The summed E-state index contributed by atoms with van der Waals surface area (Å²) in [5.74, 6) is -0.868. The van der Waals surface area contributed by atoms with E-state index < -0.39 is 6.10 Å². The molecule has 0 aromatic rings. The van der Waals surface area contributed by atoms with Gasteiger partial charge in [-0.05, 0) is 70.6 Å². The Morgan fingerprint density at radius 3 is 0.884 bits per heavy atom. The molecule has 1 unspecified atom stereocenters. The van der Waals surface area contributed by atoms with Gasteiger partial charge in [-0.3, -0.25) is 14.4 Å². The van der Waals surface area contributed by atoms with Crippen LogP contribution in [-0.2, 0) is 28.6 Å². The standard InChI is InChI=1S/C63H110O6/c1-4-7-10-13-16-19-21-23-24-25-26-27-28-29-30-31-32-33-34-35-36-37-38-39-40-41-43-44-47-50-53-56-62(65)68-59-60(58-67-61(64)55-52-49-46-18-15-12-9-6-3)69-63(66)57-54-51-48-45-42-22-20-17-14-11-8-5-2/h7,10,16,19,23-24,26-27,29-30,32-33,60H,4-6,8-9,11-15,17-18,20-22,25,28,31,34-59H2,1-3H3/b10-7-,19-16-,24-23-,27-26-,30-29-,33-32-. The van der Waals surface area contributed by atoms with Crippen LogP contribution in [0, 0.1) is 0 Å². The summed E-state index contributed by atoms with van der Waals surface area (Å²) in [5.41, 5.74) is 0. The SMILES string of the molecule is CC/C=C\C/C=C\C/C=C\C/C=C\C/C=C\C/C=C\CCCCCCCCCCCCCCC(=O)OCC(COC(=O)CCCCCCCCCC)OC(=O)CCCCCCCCCCCCCC. The van der Waals surface area contributed by atoms with Crippen LogP contribution in [0.2, 0.25) is 0 Å². The first-order valence-corrected chi connectivity index (χ1v) is 29.4. The topological polar surface area (TPSA) is 78.9 Å². The van der Waals surface area contributed by atoms with Crippen LogP contribution in [0.15, 0.2) is 72.9 Å². The van der Waals surface area contributed by atoms with E-state index in [4.69, 9.17) is 14.2 Å². The van der Waals surface area contributed by atoms with Gasteiger partial charge in [-0.2, -0.15) is 0 Å². The van der Waals surface area contributed by atoms with Crippen LogP contribution in [0.25, 0.3) is 0 Å². The minimum Gasteiger partial charge on any atom is -0.462 e. The molecule has 0 aliphatic rings. The zero-order valence-electron chi connectivity index (χ0n) is 45.6. The van der Waals surface area contributed by atoms with Crippen molar-refractivity contribution < 1.29 is 28.6 Å². The van der Waals surface area contributed by atoms with Gasteiger partial charge in [-0.25, -0.2) is 0 Å². The predicted octanol–water partition coefficient (Wildman–Crippen LogP) is 19.8. The van der Waals surface area contributed by atoms with Crippen molar-refractivity contribution in [2.75, 3.05) is 13.2 Å². The van der Waals surface area contributed by atoms with Crippen LogP contribution in [-0.4, -0.2) is 37.2 Å². The molecule has 0 fully saturated rings. The van der Waals surface area contributed by atoms with Crippen molar-refractivity contribution in [1.82, 2.24) is 0 Å². The van der Waals surface area contributed by atoms with E-state index >= 15 is 0 Å². The van der Waals surface area contributed by atoms with Gasteiger partial charge in [0.25, 0.3) is 0 Å². The fourth-order valence-corrected chi connectivity index (χ4v) is 8.33. The van der Waals surface area contributed by atoms with Crippen molar-refractivity contribution >= 4 is 17.9 Å². The van der Waals surface area contributed by atoms with Gasteiger partial charge in [0.1, 0.15) is 13.2 Å². The second-order valence-electron chi connectivity index (χ2n) is 19.5. The lowest BCUT2D eigenvalue weighted by Gasteiger charge is -2.18. The maximum atomic E-state index is 12.8. The van der Waals surface area contributed by atoms with Gasteiger partial charge < -0.3 is 14.2 Å². The lowest BCUT2D eigenvalue weighted by molar-refractivity contribution is -0.167. The molecule has 0 heterocycles. The molecule has 0 aromatic heterocycles. The van der Waals surface area contributed by atoms with Crippen LogP contribution >= 0.6 is 0 Å². The number of esters is 3. The Labute approximate surface area is 427 Å². The number of carbonyl (C=O) groups is 3. The number of hydrogen-bond acceptors (Lipinski definition) is 6. The second kappa shape index (κ2) is 57.4. The van der Waals surface area contributed by atoms with Crippen LogP contribution < -0.4 is 0 Å². The molecule has 0 N–H and O–H groups in total. The van der Waals surface area contributed by atoms with Gasteiger partial charge >= 0.3 is 17.9 Å². The van der Waals surface area contributed by atoms with Gasteiger partial charge in [-0.15, -0.1) is 0 Å². The summed E-state index contributed by atoms with van der Waals surface area (Å²) < 4.78 is 16.8. The summed E-state index contributed by atoms with van der Waals surface area (Å²) in [5, 5.41) is 0. The summed E-state index contributed by atoms with van der Waals surface area (Å²) in [6, 6.07) is 0. The fourth-order valence-electron chi connectivity index (χ4n) is 8.33. The Bertz CT molecular complexity index is 1290. The second-order valence-corrected chi connectivity index (χ2v) is 19.5. The zero-order chi connectivity index (χ0) is 50.0. The number of unbranched alkanes of at least 4 members (excludes halogenated alkanes) is 30. The van der Waals surface area contributed by atoms with Crippen LogP contribution in [0.4, 0.5) is 0 Å². The van der Waals surface area contributed by atoms with Crippen LogP contribution in [0.3, 0.4) is 0 Å². The monoisotopic (exact) mass is 963 g/mol. The summed E-state index contributed by atoms with van der Waals surface area (Å²) in [7, 11) is 0. The van der Waals surface area contributed by atoms with Crippen molar-refractivity contribution in [2.45, 2.75) is 297 Å². The van der Waals surface area contributed by atoms with Crippen molar-refractivity contribution in [1.29, 1.82) is 0 Å². The highest BCUT2D eigenvalue weighted by Gasteiger charge is 2.19. The Morgan fingerprint density at radius 1 is 0.304 bits per heavy atom. The van der Waals surface area contributed by atoms with Crippen molar-refractivity contribution in [3.8, 4) is 0 Å². The highest BCUT2D eigenvalue weighted by molar-refractivity contribution is 5.71.